The fourth-order valence-corrected chi connectivity index (χ4v) is 2.63. The van der Waals surface area contributed by atoms with Gasteiger partial charge in [-0.3, -0.25) is 4.79 Å². The molecular formula is C15H19F3N2O. The van der Waals surface area contributed by atoms with Crippen LogP contribution in [0.3, 0.4) is 0 Å². The van der Waals surface area contributed by atoms with Gasteiger partial charge >= 0.3 is 6.18 Å². The smallest absolute Gasteiger partial charge is 0.376 e. The van der Waals surface area contributed by atoms with Crippen LogP contribution in [0.5, 0.6) is 0 Å². The largest absolute Gasteiger partial charge is 0.416 e. The Bertz CT molecular complexity index is 528. The molecule has 1 aliphatic rings. The topological polar surface area (TPSA) is 32.3 Å². The lowest BCUT2D eigenvalue weighted by Gasteiger charge is -2.22. The minimum Gasteiger partial charge on any atom is -0.376 e. The molecule has 0 spiro atoms. The summed E-state index contributed by atoms with van der Waals surface area (Å²) < 4.78 is 38.2. The summed E-state index contributed by atoms with van der Waals surface area (Å²) in [5.41, 5.74) is 0.129. The van der Waals surface area contributed by atoms with Crippen molar-refractivity contribution in [2.45, 2.75) is 38.9 Å². The van der Waals surface area contributed by atoms with Crippen molar-refractivity contribution in [3.05, 3.63) is 29.3 Å². The van der Waals surface area contributed by atoms with E-state index in [9.17, 15) is 18.0 Å². The average molecular weight is 300 g/mol. The molecule has 1 amide bonds. The zero-order valence-corrected chi connectivity index (χ0v) is 12.1. The van der Waals surface area contributed by atoms with E-state index >= 15 is 0 Å². The Morgan fingerprint density at radius 1 is 1.38 bits per heavy atom. The van der Waals surface area contributed by atoms with E-state index in [4.69, 9.17) is 0 Å². The molecule has 1 N–H and O–H groups in total. The van der Waals surface area contributed by atoms with E-state index in [0.717, 1.165) is 31.5 Å². The van der Waals surface area contributed by atoms with Gasteiger partial charge in [0.2, 0.25) is 5.91 Å². The van der Waals surface area contributed by atoms with E-state index in [1.165, 1.54) is 0 Å². The van der Waals surface area contributed by atoms with Crippen LogP contribution in [0.2, 0.25) is 0 Å². The number of likely N-dealkylation sites (tertiary alicyclic amines) is 1. The number of carbonyl (C=O) groups is 1. The quantitative estimate of drug-likeness (QED) is 0.927. The van der Waals surface area contributed by atoms with Gasteiger partial charge in [-0.15, -0.1) is 0 Å². The van der Waals surface area contributed by atoms with Gasteiger partial charge in [0, 0.05) is 18.3 Å². The Morgan fingerprint density at radius 2 is 2.10 bits per heavy atom. The molecule has 1 aliphatic heterocycles. The number of hydrogen-bond donors (Lipinski definition) is 1. The molecule has 116 valence electrons. The maximum absolute atomic E-state index is 12.7. The first-order valence-corrected chi connectivity index (χ1v) is 6.99. The summed E-state index contributed by atoms with van der Waals surface area (Å²) in [6.45, 7) is 4.33. The number of amides is 1. The van der Waals surface area contributed by atoms with Gasteiger partial charge in [0.25, 0.3) is 0 Å². The summed E-state index contributed by atoms with van der Waals surface area (Å²) in [4.78, 5) is 13.8. The molecule has 1 heterocycles. The number of nitrogens with one attached hydrogen (secondary N) is 1. The number of carbonyl (C=O) groups excluding carboxylic acids is 1. The first kappa shape index (κ1) is 15.7. The predicted molar refractivity (Wildman–Crippen MR) is 75.1 cm³/mol. The van der Waals surface area contributed by atoms with Gasteiger partial charge in [0.05, 0.1) is 12.1 Å². The Kier molecular flexibility index (Phi) is 4.44. The van der Waals surface area contributed by atoms with Crippen molar-refractivity contribution in [2.75, 3.05) is 18.4 Å². The van der Waals surface area contributed by atoms with Gasteiger partial charge in [-0.05, 0) is 50.5 Å². The molecule has 6 heteroatoms. The molecule has 21 heavy (non-hydrogen) atoms. The first-order chi connectivity index (χ1) is 9.77. The molecular weight excluding hydrogens is 281 g/mol. The third kappa shape index (κ3) is 3.89. The zero-order valence-electron chi connectivity index (χ0n) is 12.1. The van der Waals surface area contributed by atoms with E-state index in [0.29, 0.717) is 11.3 Å². The molecule has 1 saturated heterocycles. The van der Waals surface area contributed by atoms with Gasteiger partial charge in [0.1, 0.15) is 0 Å². The van der Waals surface area contributed by atoms with E-state index in [1.807, 2.05) is 6.92 Å². The van der Waals surface area contributed by atoms with E-state index < -0.39 is 11.7 Å². The number of benzene rings is 1. The lowest BCUT2D eigenvalue weighted by molar-refractivity contribution is -0.137. The summed E-state index contributed by atoms with van der Waals surface area (Å²) in [5.74, 6) is -0.0740. The van der Waals surface area contributed by atoms with Crippen molar-refractivity contribution >= 4 is 11.6 Å². The zero-order chi connectivity index (χ0) is 15.6. The van der Waals surface area contributed by atoms with Crippen LogP contribution in [0.4, 0.5) is 18.9 Å². The second-order valence-electron chi connectivity index (χ2n) is 5.52. The molecule has 0 aliphatic carbocycles. The van der Waals surface area contributed by atoms with Gasteiger partial charge in [-0.2, -0.15) is 13.2 Å². The molecule has 1 aromatic carbocycles. The number of anilines is 1. The predicted octanol–water partition coefficient (Wildman–Crippen LogP) is 3.44. The number of aryl methyl sites for hydroxylation is 1. The van der Waals surface area contributed by atoms with Crippen LogP contribution in [-0.2, 0) is 11.0 Å². The Hall–Kier alpha value is -1.72. The van der Waals surface area contributed by atoms with E-state index in [-0.39, 0.29) is 18.5 Å². The van der Waals surface area contributed by atoms with Crippen molar-refractivity contribution in [3.8, 4) is 0 Å². The van der Waals surface area contributed by atoms with Gasteiger partial charge < -0.3 is 10.2 Å². The number of nitrogens with zero attached hydrogens (tertiary/aromatic N) is 1. The maximum atomic E-state index is 12.7. The first-order valence-electron chi connectivity index (χ1n) is 6.99. The van der Waals surface area contributed by atoms with Crippen LogP contribution in [0.1, 0.15) is 30.9 Å². The average Bonchev–Trinajstić information content (AvgIpc) is 2.80. The monoisotopic (exact) mass is 300 g/mol. The van der Waals surface area contributed by atoms with Crippen LogP contribution in [0.15, 0.2) is 18.2 Å². The van der Waals surface area contributed by atoms with Crippen LogP contribution in [0.25, 0.3) is 0 Å². The lowest BCUT2D eigenvalue weighted by atomic mass is 10.1. The summed E-state index contributed by atoms with van der Waals surface area (Å²) in [7, 11) is 0. The van der Waals surface area contributed by atoms with Crippen molar-refractivity contribution in [2.24, 2.45) is 0 Å². The molecule has 1 fully saturated rings. The fourth-order valence-electron chi connectivity index (χ4n) is 2.63. The van der Waals surface area contributed by atoms with Crippen molar-refractivity contribution in [1.29, 1.82) is 0 Å². The molecule has 1 aromatic rings. The third-order valence-electron chi connectivity index (χ3n) is 3.72. The van der Waals surface area contributed by atoms with E-state index in [1.54, 1.807) is 17.9 Å². The van der Waals surface area contributed by atoms with Crippen LogP contribution in [0, 0.1) is 6.92 Å². The molecule has 1 atom stereocenters. The van der Waals surface area contributed by atoms with Gasteiger partial charge in [0.15, 0.2) is 0 Å². The van der Waals surface area contributed by atoms with Crippen molar-refractivity contribution in [3.63, 3.8) is 0 Å². The minimum atomic E-state index is -4.38. The Morgan fingerprint density at radius 3 is 2.67 bits per heavy atom. The number of rotatable bonds is 3. The highest BCUT2D eigenvalue weighted by atomic mass is 19.4. The highest BCUT2D eigenvalue weighted by Gasteiger charge is 2.31. The second-order valence-corrected chi connectivity index (χ2v) is 5.52. The summed E-state index contributed by atoms with van der Waals surface area (Å²) in [5, 5.41) is 2.80. The van der Waals surface area contributed by atoms with Gasteiger partial charge in [-0.1, -0.05) is 0 Å². The van der Waals surface area contributed by atoms with Crippen LogP contribution in [-0.4, -0.2) is 29.9 Å². The normalized spacial score (nSPS) is 18.9. The van der Waals surface area contributed by atoms with Crippen LogP contribution >= 0.6 is 0 Å². The Labute approximate surface area is 122 Å². The Balaban J connectivity index is 2.03. The van der Waals surface area contributed by atoms with Crippen molar-refractivity contribution < 1.29 is 18.0 Å². The van der Waals surface area contributed by atoms with Gasteiger partial charge in [-0.25, -0.2) is 0 Å². The SMILES string of the molecule is Cc1cc(NCC(=O)N2CCC[C@H]2C)cc(C(F)(F)F)c1. The van der Waals surface area contributed by atoms with E-state index in [2.05, 4.69) is 5.32 Å². The second kappa shape index (κ2) is 5.95. The highest BCUT2D eigenvalue weighted by molar-refractivity contribution is 5.81. The molecule has 0 bridgehead atoms. The minimum absolute atomic E-state index is 0.0189. The molecule has 0 saturated carbocycles. The van der Waals surface area contributed by atoms with Crippen LogP contribution < -0.4 is 5.32 Å². The molecule has 0 aromatic heterocycles. The summed E-state index contributed by atoms with van der Waals surface area (Å²) >= 11 is 0. The van der Waals surface area contributed by atoms with Crippen molar-refractivity contribution in [1.82, 2.24) is 4.90 Å². The highest BCUT2D eigenvalue weighted by Crippen LogP contribution is 2.31. The summed E-state index contributed by atoms with van der Waals surface area (Å²) in [6, 6.07) is 3.95. The maximum Gasteiger partial charge on any atom is 0.416 e. The molecule has 0 unspecified atom stereocenters. The standard InChI is InChI=1S/C15H19F3N2O/c1-10-6-12(15(16,17)18)8-13(7-10)19-9-14(21)20-5-3-4-11(20)2/h6-8,11,19H,3-5,9H2,1-2H3/t11-/m1/s1. The number of alkyl halides is 3. The molecule has 2 rings (SSSR count). The number of hydrogen-bond acceptors (Lipinski definition) is 2. The third-order valence-corrected chi connectivity index (χ3v) is 3.72. The fraction of sp³-hybridized carbons (Fsp3) is 0.533. The molecule has 0 radical (unpaired) electrons. The molecule has 3 nitrogen and oxygen atoms in total. The summed E-state index contributed by atoms with van der Waals surface area (Å²) in [6.07, 6.45) is -2.42. The lowest BCUT2D eigenvalue weighted by Crippen LogP contribution is -2.37. The number of halogens is 3.